The zero-order chi connectivity index (χ0) is 12.3. The normalized spacial score (nSPS) is 18.9. The van der Waals surface area contributed by atoms with Gasteiger partial charge >= 0.3 is 0 Å². The number of amides is 1. The Kier molecular flexibility index (Phi) is 3.84. The minimum atomic E-state index is -0.622. The molecule has 3 nitrogen and oxygen atoms in total. The van der Waals surface area contributed by atoms with Crippen molar-refractivity contribution in [1.29, 1.82) is 0 Å². The first-order chi connectivity index (χ1) is 8.12. The predicted molar refractivity (Wildman–Crippen MR) is 70.9 cm³/mol. The van der Waals surface area contributed by atoms with Crippen LogP contribution in [0.1, 0.15) is 42.5 Å². The van der Waals surface area contributed by atoms with Crippen molar-refractivity contribution in [3.8, 4) is 0 Å². The molecule has 1 heterocycles. The third kappa shape index (κ3) is 2.87. The molecule has 1 amide bonds. The average molecular weight is 252 g/mol. The lowest BCUT2D eigenvalue weighted by Crippen LogP contribution is -2.54. The van der Waals surface area contributed by atoms with Crippen molar-refractivity contribution in [2.24, 2.45) is 5.73 Å². The molecule has 4 heteroatoms. The van der Waals surface area contributed by atoms with Crippen LogP contribution in [0.3, 0.4) is 0 Å². The summed E-state index contributed by atoms with van der Waals surface area (Å²) in [6, 6.07) is 2.07. The van der Waals surface area contributed by atoms with Crippen molar-refractivity contribution in [1.82, 2.24) is 5.32 Å². The van der Waals surface area contributed by atoms with E-state index in [1.165, 1.54) is 16.9 Å². The minimum absolute atomic E-state index is 0.0185. The Bertz CT molecular complexity index is 394. The summed E-state index contributed by atoms with van der Waals surface area (Å²) in [6.07, 6.45) is 4.99. The molecule has 1 aromatic rings. The number of hydrogen-bond donors (Lipinski definition) is 2. The van der Waals surface area contributed by atoms with E-state index < -0.39 is 5.54 Å². The van der Waals surface area contributed by atoms with E-state index in [1.54, 1.807) is 11.3 Å². The summed E-state index contributed by atoms with van der Waals surface area (Å²) in [5.74, 6) is 0.0185. The highest BCUT2D eigenvalue weighted by molar-refractivity contribution is 7.10. The summed E-state index contributed by atoms with van der Waals surface area (Å²) in [5, 5.41) is 5.03. The summed E-state index contributed by atoms with van der Waals surface area (Å²) in [6.45, 7) is 2.68. The Morgan fingerprint density at radius 2 is 2.18 bits per heavy atom. The van der Waals surface area contributed by atoms with Crippen molar-refractivity contribution in [2.45, 2.75) is 51.1 Å². The molecule has 0 radical (unpaired) electrons. The van der Waals surface area contributed by atoms with Crippen molar-refractivity contribution in [2.75, 3.05) is 0 Å². The maximum absolute atomic E-state index is 12.1. The third-order valence-electron chi connectivity index (χ3n) is 3.58. The molecule has 0 unspecified atom stereocenters. The van der Waals surface area contributed by atoms with Gasteiger partial charge in [-0.1, -0.05) is 19.3 Å². The van der Waals surface area contributed by atoms with E-state index in [4.69, 9.17) is 5.73 Å². The molecular formula is C13H20N2OS. The van der Waals surface area contributed by atoms with Gasteiger partial charge in [-0.3, -0.25) is 4.79 Å². The largest absolute Gasteiger partial charge is 0.350 e. The Balaban J connectivity index is 1.91. The lowest BCUT2D eigenvalue weighted by atomic mass is 9.82. The molecule has 1 aromatic heterocycles. The van der Waals surface area contributed by atoms with Crippen LogP contribution in [-0.2, 0) is 11.3 Å². The molecule has 0 aromatic carbocycles. The van der Waals surface area contributed by atoms with Crippen LogP contribution in [0.2, 0.25) is 0 Å². The van der Waals surface area contributed by atoms with Gasteiger partial charge in [-0.15, -0.1) is 11.3 Å². The predicted octanol–water partition coefficient (Wildman–Crippen LogP) is 2.33. The number of thiophene rings is 1. The monoisotopic (exact) mass is 252 g/mol. The zero-order valence-electron chi connectivity index (χ0n) is 10.3. The SMILES string of the molecule is Cc1ccsc1CNC(=O)C1(N)CCCCC1. The van der Waals surface area contributed by atoms with Crippen LogP contribution in [0.15, 0.2) is 11.4 Å². The van der Waals surface area contributed by atoms with E-state index in [9.17, 15) is 4.79 Å². The number of rotatable bonds is 3. The molecule has 0 bridgehead atoms. The van der Waals surface area contributed by atoms with Gasteiger partial charge in [-0.2, -0.15) is 0 Å². The maximum atomic E-state index is 12.1. The van der Waals surface area contributed by atoms with Gasteiger partial charge in [0.25, 0.3) is 0 Å². The molecular weight excluding hydrogens is 232 g/mol. The summed E-state index contributed by atoms with van der Waals surface area (Å²) in [4.78, 5) is 13.3. The quantitative estimate of drug-likeness (QED) is 0.867. The molecule has 0 aliphatic heterocycles. The summed E-state index contributed by atoms with van der Waals surface area (Å²) < 4.78 is 0. The second-order valence-electron chi connectivity index (χ2n) is 4.93. The van der Waals surface area contributed by atoms with Crippen LogP contribution >= 0.6 is 11.3 Å². The zero-order valence-corrected chi connectivity index (χ0v) is 11.1. The molecule has 17 heavy (non-hydrogen) atoms. The van der Waals surface area contributed by atoms with Crippen molar-refractivity contribution in [3.63, 3.8) is 0 Å². The molecule has 1 aliphatic rings. The van der Waals surface area contributed by atoms with Gasteiger partial charge in [0, 0.05) is 4.88 Å². The Labute approximate surface area is 106 Å². The molecule has 3 N–H and O–H groups in total. The molecule has 0 atom stereocenters. The first kappa shape index (κ1) is 12.6. The average Bonchev–Trinajstić information content (AvgIpc) is 2.73. The fourth-order valence-electron chi connectivity index (χ4n) is 2.33. The molecule has 1 fully saturated rings. The van der Waals surface area contributed by atoms with Crippen molar-refractivity contribution in [3.05, 3.63) is 21.9 Å². The molecule has 1 aliphatic carbocycles. The summed E-state index contributed by atoms with van der Waals surface area (Å²) in [5.41, 5.74) is 6.79. The lowest BCUT2D eigenvalue weighted by Gasteiger charge is -2.31. The summed E-state index contributed by atoms with van der Waals surface area (Å²) >= 11 is 1.68. The van der Waals surface area contributed by atoms with Crippen LogP contribution in [0.5, 0.6) is 0 Å². The van der Waals surface area contributed by atoms with E-state index >= 15 is 0 Å². The number of carbonyl (C=O) groups excluding carboxylic acids is 1. The van der Waals surface area contributed by atoms with Gasteiger partial charge in [-0.25, -0.2) is 0 Å². The minimum Gasteiger partial charge on any atom is -0.350 e. The highest BCUT2D eigenvalue weighted by atomic mass is 32.1. The van der Waals surface area contributed by atoms with Gasteiger partial charge in [0.05, 0.1) is 12.1 Å². The Morgan fingerprint density at radius 3 is 2.76 bits per heavy atom. The molecule has 2 rings (SSSR count). The van der Waals surface area contributed by atoms with Crippen LogP contribution < -0.4 is 11.1 Å². The van der Waals surface area contributed by atoms with Crippen LogP contribution in [0.25, 0.3) is 0 Å². The van der Waals surface area contributed by atoms with Gasteiger partial charge in [0.1, 0.15) is 0 Å². The second kappa shape index (κ2) is 5.19. The Morgan fingerprint density at radius 1 is 1.47 bits per heavy atom. The van der Waals surface area contributed by atoms with E-state index in [0.29, 0.717) is 6.54 Å². The first-order valence-corrected chi connectivity index (χ1v) is 7.10. The van der Waals surface area contributed by atoms with Gasteiger partial charge in [0.15, 0.2) is 0 Å². The van der Waals surface area contributed by atoms with Crippen LogP contribution in [0, 0.1) is 6.92 Å². The molecule has 1 saturated carbocycles. The van der Waals surface area contributed by atoms with Crippen molar-refractivity contribution >= 4 is 17.2 Å². The molecule has 94 valence electrons. The van der Waals surface area contributed by atoms with Crippen molar-refractivity contribution < 1.29 is 4.79 Å². The van der Waals surface area contributed by atoms with E-state index in [0.717, 1.165) is 25.7 Å². The standard InChI is InChI=1S/C13H20N2OS/c1-10-5-8-17-11(10)9-15-12(16)13(14)6-3-2-4-7-13/h5,8H,2-4,6-7,9,14H2,1H3,(H,15,16). The summed E-state index contributed by atoms with van der Waals surface area (Å²) in [7, 11) is 0. The van der Waals surface area contributed by atoms with E-state index in [1.807, 2.05) is 0 Å². The highest BCUT2D eigenvalue weighted by Crippen LogP contribution is 2.26. The number of nitrogens with one attached hydrogen (secondary N) is 1. The number of carbonyl (C=O) groups is 1. The number of nitrogens with two attached hydrogens (primary N) is 1. The third-order valence-corrected chi connectivity index (χ3v) is 4.60. The fourth-order valence-corrected chi connectivity index (χ4v) is 3.18. The molecule has 0 saturated heterocycles. The topological polar surface area (TPSA) is 55.1 Å². The van der Waals surface area contributed by atoms with Gasteiger partial charge in [0.2, 0.25) is 5.91 Å². The van der Waals surface area contributed by atoms with Gasteiger partial charge in [-0.05, 0) is 36.8 Å². The first-order valence-electron chi connectivity index (χ1n) is 6.22. The smallest absolute Gasteiger partial charge is 0.240 e. The van der Waals surface area contributed by atoms with Gasteiger partial charge < -0.3 is 11.1 Å². The second-order valence-corrected chi connectivity index (χ2v) is 5.93. The number of hydrogen-bond acceptors (Lipinski definition) is 3. The molecule has 0 spiro atoms. The lowest BCUT2D eigenvalue weighted by molar-refractivity contribution is -0.127. The van der Waals surface area contributed by atoms with Crippen LogP contribution in [0.4, 0.5) is 0 Å². The van der Waals surface area contributed by atoms with E-state index in [2.05, 4.69) is 23.7 Å². The maximum Gasteiger partial charge on any atom is 0.240 e. The van der Waals surface area contributed by atoms with Crippen LogP contribution in [-0.4, -0.2) is 11.4 Å². The fraction of sp³-hybridized carbons (Fsp3) is 0.615. The number of aryl methyl sites for hydroxylation is 1. The Hall–Kier alpha value is -0.870. The highest BCUT2D eigenvalue weighted by Gasteiger charge is 2.34. The van der Waals surface area contributed by atoms with E-state index in [-0.39, 0.29) is 5.91 Å².